The van der Waals surface area contributed by atoms with Crippen molar-refractivity contribution >= 4 is 0 Å². The van der Waals surface area contributed by atoms with Crippen molar-refractivity contribution in [2.45, 2.75) is 38.5 Å². The molecule has 0 spiro atoms. The lowest BCUT2D eigenvalue weighted by Crippen LogP contribution is -2.22. The van der Waals surface area contributed by atoms with Gasteiger partial charge in [0, 0.05) is 31.1 Å². The van der Waals surface area contributed by atoms with Crippen molar-refractivity contribution in [1.29, 1.82) is 0 Å². The van der Waals surface area contributed by atoms with Crippen LogP contribution < -0.4 is 4.74 Å². The van der Waals surface area contributed by atoms with E-state index in [4.69, 9.17) is 9.72 Å². The lowest BCUT2D eigenvalue weighted by molar-refractivity contribution is 0.322. The molecule has 1 saturated heterocycles. The fourth-order valence-electron chi connectivity index (χ4n) is 3.96. The van der Waals surface area contributed by atoms with E-state index < -0.39 is 0 Å². The van der Waals surface area contributed by atoms with Crippen LogP contribution in [0.5, 0.6) is 11.5 Å². The van der Waals surface area contributed by atoms with Gasteiger partial charge in [-0.25, -0.2) is 0 Å². The summed E-state index contributed by atoms with van der Waals surface area (Å²) in [6.07, 6.45) is 4.42. The highest BCUT2D eigenvalue weighted by Crippen LogP contribution is 2.49. The van der Waals surface area contributed by atoms with Crippen molar-refractivity contribution in [1.82, 2.24) is 9.88 Å². The standard InChI is InChI=1S/C20H24N2O/c1-3-4-10-22-12-16-15-8-7-14(2)11-19(15)23-18-6-5-9-21-20(18)17(16)13-22/h5-9,11,16-17H,3-4,10,12-13H2,1-2H3/t16-,17-/m0/s1. The number of aromatic nitrogens is 1. The van der Waals surface area contributed by atoms with Gasteiger partial charge in [-0.05, 0) is 49.2 Å². The number of fused-ring (bicyclic) bond motifs is 5. The summed E-state index contributed by atoms with van der Waals surface area (Å²) in [4.78, 5) is 7.29. The van der Waals surface area contributed by atoms with E-state index in [0.29, 0.717) is 11.8 Å². The Morgan fingerprint density at radius 2 is 2.04 bits per heavy atom. The van der Waals surface area contributed by atoms with Gasteiger partial charge in [0.25, 0.3) is 0 Å². The molecular weight excluding hydrogens is 284 g/mol. The van der Waals surface area contributed by atoms with Gasteiger partial charge in [0.2, 0.25) is 0 Å². The molecule has 0 amide bonds. The number of hydrogen-bond donors (Lipinski definition) is 0. The van der Waals surface area contributed by atoms with Crippen LogP contribution >= 0.6 is 0 Å². The number of pyridine rings is 1. The maximum atomic E-state index is 6.25. The van der Waals surface area contributed by atoms with Crippen molar-refractivity contribution in [2.24, 2.45) is 0 Å². The van der Waals surface area contributed by atoms with Crippen LogP contribution in [0.1, 0.15) is 48.4 Å². The van der Waals surface area contributed by atoms with Gasteiger partial charge < -0.3 is 9.64 Å². The first-order chi connectivity index (χ1) is 11.3. The quantitative estimate of drug-likeness (QED) is 0.836. The molecule has 0 unspecified atom stereocenters. The third-order valence-electron chi connectivity index (χ3n) is 5.16. The van der Waals surface area contributed by atoms with Crippen molar-refractivity contribution in [3.8, 4) is 11.5 Å². The lowest BCUT2D eigenvalue weighted by atomic mass is 9.86. The molecule has 0 N–H and O–H groups in total. The van der Waals surface area contributed by atoms with Gasteiger partial charge in [0.1, 0.15) is 11.5 Å². The molecule has 4 rings (SSSR count). The Hall–Kier alpha value is -1.87. The molecule has 1 aromatic carbocycles. The summed E-state index contributed by atoms with van der Waals surface area (Å²) in [6.45, 7) is 7.77. The van der Waals surface area contributed by atoms with Crippen LogP contribution in [-0.4, -0.2) is 29.5 Å². The molecule has 2 aromatic rings. The average Bonchev–Trinajstić information content (AvgIpc) is 2.92. The molecule has 3 nitrogen and oxygen atoms in total. The molecule has 3 heterocycles. The zero-order valence-corrected chi connectivity index (χ0v) is 14.0. The molecule has 2 aliphatic rings. The van der Waals surface area contributed by atoms with Gasteiger partial charge >= 0.3 is 0 Å². The van der Waals surface area contributed by atoms with Crippen LogP contribution in [0.2, 0.25) is 0 Å². The van der Waals surface area contributed by atoms with Crippen LogP contribution in [0.3, 0.4) is 0 Å². The molecule has 23 heavy (non-hydrogen) atoms. The van der Waals surface area contributed by atoms with Gasteiger partial charge in [-0.15, -0.1) is 0 Å². The lowest BCUT2D eigenvalue weighted by Gasteiger charge is -2.17. The van der Waals surface area contributed by atoms with E-state index in [1.807, 2.05) is 12.3 Å². The zero-order valence-electron chi connectivity index (χ0n) is 14.0. The summed E-state index contributed by atoms with van der Waals surface area (Å²) in [5.74, 6) is 2.87. The minimum absolute atomic E-state index is 0.437. The minimum atomic E-state index is 0.437. The fraction of sp³-hybridized carbons (Fsp3) is 0.450. The van der Waals surface area contributed by atoms with Crippen LogP contribution in [0.25, 0.3) is 0 Å². The first-order valence-corrected chi connectivity index (χ1v) is 8.72. The highest BCUT2D eigenvalue weighted by atomic mass is 16.5. The first-order valence-electron chi connectivity index (χ1n) is 8.72. The Bertz CT molecular complexity index is 713. The van der Waals surface area contributed by atoms with Crippen molar-refractivity contribution < 1.29 is 4.74 Å². The number of likely N-dealkylation sites (tertiary alicyclic amines) is 1. The molecule has 2 aliphatic heterocycles. The number of nitrogens with zero attached hydrogens (tertiary/aromatic N) is 2. The van der Waals surface area contributed by atoms with E-state index in [1.165, 1.54) is 30.5 Å². The molecule has 120 valence electrons. The SMILES string of the molecule is CCCCN1C[C@@H]2c3ncccc3Oc3cc(C)ccc3[C@@H]2C1. The molecule has 1 fully saturated rings. The number of aryl methyl sites for hydroxylation is 1. The van der Waals surface area contributed by atoms with Gasteiger partial charge in [-0.1, -0.05) is 25.5 Å². The molecule has 0 aliphatic carbocycles. The monoisotopic (exact) mass is 308 g/mol. The Kier molecular flexibility index (Phi) is 3.82. The summed E-state index contributed by atoms with van der Waals surface area (Å²) < 4.78 is 6.25. The van der Waals surface area contributed by atoms with Gasteiger partial charge in [0.15, 0.2) is 0 Å². The Balaban J connectivity index is 1.77. The van der Waals surface area contributed by atoms with E-state index in [0.717, 1.165) is 30.3 Å². The second-order valence-corrected chi connectivity index (χ2v) is 6.86. The van der Waals surface area contributed by atoms with E-state index in [1.54, 1.807) is 0 Å². The van der Waals surface area contributed by atoms with Crippen molar-refractivity contribution in [3.05, 3.63) is 53.3 Å². The summed E-state index contributed by atoms with van der Waals surface area (Å²) >= 11 is 0. The predicted molar refractivity (Wildman–Crippen MR) is 92.3 cm³/mol. The van der Waals surface area contributed by atoms with E-state index in [9.17, 15) is 0 Å². The summed E-state index contributed by atoms with van der Waals surface area (Å²) in [5.41, 5.74) is 3.72. The molecule has 2 atom stereocenters. The number of hydrogen-bond acceptors (Lipinski definition) is 3. The second-order valence-electron chi connectivity index (χ2n) is 6.86. The van der Waals surface area contributed by atoms with Crippen LogP contribution in [0, 0.1) is 6.92 Å². The highest BCUT2D eigenvalue weighted by Gasteiger charge is 2.40. The second kappa shape index (κ2) is 5.97. The van der Waals surface area contributed by atoms with Crippen molar-refractivity contribution in [2.75, 3.05) is 19.6 Å². The number of unbranched alkanes of at least 4 members (excludes halogenated alkanes) is 1. The summed E-state index contributed by atoms with van der Waals surface area (Å²) in [5, 5.41) is 0. The summed E-state index contributed by atoms with van der Waals surface area (Å²) in [7, 11) is 0. The van der Waals surface area contributed by atoms with Crippen LogP contribution in [0.4, 0.5) is 0 Å². The maximum absolute atomic E-state index is 6.25. The fourth-order valence-corrected chi connectivity index (χ4v) is 3.96. The predicted octanol–water partition coefficient (Wildman–Crippen LogP) is 4.48. The van der Waals surface area contributed by atoms with Crippen molar-refractivity contribution in [3.63, 3.8) is 0 Å². The third kappa shape index (κ3) is 2.63. The zero-order chi connectivity index (χ0) is 15.8. The van der Waals surface area contributed by atoms with E-state index >= 15 is 0 Å². The Morgan fingerprint density at radius 1 is 1.17 bits per heavy atom. The summed E-state index contributed by atoms with van der Waals surface area (Å²) in [6, 6.07) is 10.7. The van der Waals surface area contributed by atoms with Gasteiger partial charge in [0.05, 0.1) is 5.69 Å². The van der Waals surface area contributed by atoms with Crippen LogP contribution in [-0.2, 0) is 0 Å². The topological polar surface area (TPSA) is 25.4 Å². The maximum Gasteiger partial charge on any atom is 0.149 e. The smallest absolute Gasteiger partial charge is 0.149 e. The highest BCUT2D eigenvalue weighted by molar-refractivity contribution is 5.49. The Morgan fingerprint density at radius 3 is 2.91 bits per heavy atom. The number of ether oxygens (including phenoxy) is 1. The van der Waals surface area contributed by atoms with Gasteiger partial charge in [-0.3, -0.25) is 4.98 Å². The molecule has 3 heteroatoms. The first kappa shape index (κ1) is 14.7. The average molecular weight is 308 g/mol. The third-order valence-corrected chi connectivity index (χ3v) is 5.16. The number of rotatable bonds is 3. The minimum Gasteiger partial charge on any atom is -0.455 e. The molecular formula is C20H24N2O. The van der Waals surface area contributed by atoms with E-state index in [-0.39, 0.29) is 0 Å². The van der Waals surface area contributed by atoms with E-state index in [2.05, 4.69) is 43.0 Å². The van der Waals surface area contributed by atoms with Gasteiger partial charge in [-0.2, -0.15) is 0 Å². The molecule has 0 radical (unpaired) electrons. The van der Waals surface area contributed by atoms with Crippen LogP contribution in [0.15, 0.2) is 36.5 Å². The Labute approximate surface area is 138 Å². The largest absolute Gasteiger partial charge is 0.455 e. The number of benzene rings is 1. The molecule has 1 aromatic heterocycles. The molecule has 0 saturated carbocycles. The molecule has 0 bridgehead atoms. The normalized spacial score (nSPS) is 22.7.